The van der Waals surface area contributed by atoms with Crippen molar-refractivity contribution in [2.45, 2.75) is 31.7 Å². The minimum Gasteiger partial charge on any atom is -0.487 e. The van der Waals surface area contributed by atoms with Gasteiger partial charge in [-0.05, 0) is 24.1 Å². The van der Waals surface area contributed by atoms with Gasteiger partial charge in [0.1, 0.15) is 5.75 Å². The third-order valence-electron chi connectivity index (χ3n) is 2.50. The number of ether oxygens (including phenoxy) is 1. The van der Waals surface area contributed by atoms with Crippen molar-refractivity contribution in [3.05, 3.63) is 29.8 Å². The molecule has 0 aliphatic carbocycles. The summed E-state index contributed by atoms with van der Waals surface area (Å²) in [4.78, 5) is 0. The number of benzene rings is 1. The van der Waals surface area contributed by atoms with Crippen LogP contribution in [0.25, 0.3) is 0 Å². The SMILES string of the molecule is CC[C@@H](N)c1ccc(OCC(F)(F)C(F)F)cc1. The lowest BCUT2D eigenvalue weighted by Crippen LogP contribution is -2.33. The quantitative estimate of drug-likeness (QED) is 0.800. The molecule has 0 fully saturated rings. The molecule has 0 aliphatic rings. The van der Waals surface area contributed by atoms with E-state index in [4.69, 9.17) is 5.73 Å². The minimum absolute atomic E-state index is 0.113. The van der Waals surface area contributed by atoms with Gasteiger partial charge in [-0.15, -0.1) is 0 Å². The van der Waals surface area contributed by atoms with Gasteiger partial charge < -0.3 is 10.5 Å². The Kier molecular flexibility index (Phi) is 4.95. The lowest BCUT2D eigenvalue weighted by Gasteiger charge is -2.16. The largest absolute Gasteiger partial charge is 0.487 e. The first-order valence-electron chi connectivity index (χ1n) is 5.51. The van der Waals surface area contributed by atoms with Crippen molar-refractivity contribution in [1.82, 2.24) is 0 Å². The molecule has 0 saturated heterocycles. The molecule has 0 amide bonds. The van der Waals surface area contributed by atoms with E-state index in [1.54, 1.807) is 12.1 Å². The molecule has 0 spiro atoms. The van der Waals surface area contributed by atoms with Crippen LogP contribution in [-0.2, 0) is 0 Å². The summed E-state index contributed by atoms with van der Waals surface area (Å²) in [7, 11) is 0. The summed E-state index contributed by atoms with van der Waals surface area (Å²) in [5, 5.41) is 0. The van der Waals surface area contributed by atoms with Gasteiger partial charge in [0.2, 0.25) is 0 Å². The number of rotatable bonds is 6. The number of hydrogen-bond acceptors (Lipinski definition) is 2. The van der Waals surface area contributed by atoms with E-state index in [0.29, 0.717) is 0 Å². The maximum Gasteiger partial charge on any atom is 0.340 e. The van der Waals surface area contributed by atoms with Gasteiger partial charge in [-0.25, -0.2) is 8.78 Å². The second-order valence-electron chi connectivity index (χ2n) is 3.93. The predicted molar refractivity (Wildman–Crippen MR) is 60.1 cm³/mol. The Morgan fingerprint density at radius 1 is 1.22 bits per heavy atom. The first-order chi connectivity index (χ1) is 8.36. The molecule has 1 rings (SSSR count). The lowest BCUT2D eigenvalue weighted by molar-refractivity contribution is -0.148. The van der Waals surface area contributed by atoms with Crippen LogP contribution in [0.1, 0.15) is 24.9 Å². The molecule has 1 atom stereocenters. The van der Waals surface area contributed by atoms with Crippen LogP contribution in [0, 0.1) is 0 Å². The van der Waals surface area contributed by atoms with Gasteiger partial charge in [0, 0.05) is 6.04 Å². The van der Waals surface area contributed by atoms with E-state index in [-0.39, 0.29) is 11.8 Å². The van der Waals surface area contributed by atoms with E-state index in [9.17, 15) is 17.6 Å². The molecule has 6 heteroatoms. The Bertz CT molecular complexity index is 367. The van der Waals surface area contributed by atoms with E-state index >= 15 is 0 Å². The summed E-state index contributed by atoms with van der Waals surface area (Å²) in [6.07, 6.45) is -2.99. The monoisotopic (exact) mass is 265 g/mol. The Hall–Kier alpha value is -1.30. The minimum atomic E-state index is -4.14. The molecule has 18 heavy (non-hydrogen) atoms. The van der Waals surface area contributed by atoms with E-state index in [2.05, 4.69) is 4.74 Å². The average molecular weight is 265 g/mol. The van der Waals surface area contributed by atoms with Crippen molar-refractivity contribution in [2.75, 3.05) is 6.61 Å². The topological polar surface area (TPSA) is 35.2 Å². The molecule has 0 unspecified atom stereocenters. The van der Waals surface area contributed by atoms with Gasteiger partial charge in [-0.2, -0.15) is 8.78 Å². The Morgan fingerprint density at radius 2 is 1.78 bits per heavy atom. The molecule has 0 aromatic heterocycles. The molecule has 1 aromatic carbocycles. The zero-order valence-corrected chi connectivity index (χ0v) is 9.88. The zero-order valence-electron chi connectivity index (χ0n) is 9.88. The van der Waals surface area contributed by atoms with Gasteiger partial charge in [0.25, 0.3) is 0 Å². The van der Waals surface area contributed by atoms with Crippen molar-refractivity contribution in [2.24, 2.45) is 5.73 Å². The van der Waals surface area contributed by atoms with Crippen molar-refractivity contribution in [3.8, 4) is 5.75 Å². The Labute approximate surface area is 103 Å². The van der Waals surface area contributed by atoms with E-state index in [1.807, 2.05) is 6.92 Å². The maximum atomic E-state index is 12.6. The molecular formula is C12H15F4NO. The fourth-order valence-electron chi connectivity index (χ4n) is 1.29. The molecule has 0 bridgehead atoms. The van der Waals surface area contributed by atoms with Crippen LogP contribution < -0.4 is 10.5 Å². The molecule has 102 valence electrons. The Morgan fingerprint density at radius 3 is 2.22 bits per heavy atom. The van der Waals surface area contributed by atoms with Crippen LogP contribution in [0.3, 0.4) is 0 Å². The average Bonchev–Trinajstić information content (AvgIpc) is 2.36. The van der Waals surface area contributed by atoms with Crippen LogP contribution in [0.2, 0.25) is 0 Å². The van der Waals surface area contributed by atoms with Crippen molar-refractivity contribution in [3.63, 3.8) is 0 Å². The number of alkyl halides is 4. The second-order valence-corrected chi connectivity index (χ2v) is 3.93. The summed E-state index contributed by atoms with van der Waals surface area (Å²) >= 11 is 0. The molecule has 2 N–H and O–H groups in total. The van der Waals surface area contributed by atoms with Gasteiger partial charge in [-0.3, -0.25) is 0 Å². The van der Waals surface area contributed by atoms with Crippen LogP contribution in [0.5, 0.6) is 5.75 Å². The Balaban J connectivity index is 2.59. The molecular weight excluding hydrogens is 250 g/mol. The highest BCUT2D eigenvalue weighted by Gasteiger charge is 2.41. The molecule has 0 saturated carbocycles. The summed E-state index contributed by atoms with van der Waals surface area (Å²) < 4.78 is 53.6. The van der Waals surface area contributed by atoms with Crippen LogP contribution in [0.15, 0.2) is 24.3 Å². The summed E-state index contributed by atoms with van der Waals surface area (Å²) in [5.41, 5.74) is 6.61. The van der Waals surface area contributed by atoms with E-state index in [0.717, 1.165) is 12.0 Å². The zero-order chi connectivity index (χ0) is 13.8. The van der Waals surface area contributed by atoms with Gasteiger partial charge in [-0.1, -0.05) is 19.1 Å². The molecule has 0 heterocycles. The summed E-state index contributed by atoms with van der Waals surface area (Å²) in [5.74, 6) is -4.03. The summed E-state index contributed by atoms with van der Waals surface area (Å²) in [6.45, 7) is 0.572. The first-order valence-corrected chi connectivity index (χ1v) is 5.51. The van der Waals surface area contributed by atoms with Crippen molar-refractivity contribution < 1.29 is 22.3 Å². The molecule has 1 aromatic rings. The maximum absolute atomic E-state index is 12.6. The fraction of sp³-hybridized carbons (Fsp3) is 0.500. The molecule has 0 aliphatic heterocycles. The van der Waals surface area contributed by atoms with Crippen LogP contribution >= 0.6 is 0 Å². The number of nitrogens with two attached hydrogens (primary N) is 1. The second kappa shape index (κ2) is 6.04. The number of halogens is 4. The third-order valence-corrected chi connectivity index (χ3v) is 2.50. The van der Waals surface area contributed by atoms with Gasteiger partial charge in [0.15, 0.2) is 6.61 Å². The smallest absolute Gasteiger partial charge is 0.340 e. The fourth-order valence-corrected chi connectivity index (χ4v) is 1.29. The van der Waals surface area contributed by atoms with Crippen LogP contribution in [0.4, 0.5) is 17.6 Å². The molecule has 0 radical (unpaired) electrons. The standard InChI is InChI=1S/C12H15F4NO/c1-2-10(17)8-3-5-9(6-4-8)18-7-12(15,16)11(13)14/h3-6,10-11H,2,7,17H2,1H3/t10-/m1/s1. The van der Waals surface area contributed by atoms with Gasteiger partial charge >= 0.3 is 12.3 Å². The highest BCUT2D eigenvalue weighted by molar-refractivity contribution is 5.29. The first kappa shape index (κ1) is 14.8. The highest BCUT2D eigenvalue weighted by Crippen LogP contribution is 2.25. The van der Waals surface area contributed by atoms with E-state index in [1.165, 1.54) is 12.1 Å². The lowest BCUT2D eigenvalue weighted by atomic mass is 10.1. The normalized spacial score (nSPS) is 13.7. The number of hydrogen-bond donors (Lipinski definition) is 1. The predicted octanol–water partition coefficient (Wildman–Crippen LogP) is 3.38. The molecule has 2 nitrogen and oxygen atoms in total. The van der Waals surface area contributed by atoms with E-state index < -0.39 is 19.0 Å². The highest BCUT2D eigenvalue weighted by atomic mass is 19.3. The van der Waals surface area contributed by atoms with Crippen molar-refractivity contribution in [1.29, 1.82) is 0 Å². The summed E-state index contributed by atoms with van der Waals surface area (Å²) in [6, 6.07) is 5.99. The third kappa shape index (κ3) is 3.87. The van der Waals surface area contributed by atoms with Gasteiger partial charge in [0.05, 0.1) is 0 Å². The van der Waals surface area contributed by atoms with Crippen molar-refractivity contribution >= 4 is 0 Å². The van der Waals surface area contributed by atoms with Crippen LogP contribution in [-0.4, -0.2) is 19.0 Å².